The van der Waals surface area contributed by atoms with Crippen molar-refractivity contribution in [1.82, 2.24) is 0 Å². The van der Waals surface area contributed by atoms with E-state index in [0.717, 1.165) is 25.7 Å². The van der Waals surface area contributed by atoms with E-state index in [-0.39, 0.29) is 12.4 Å². The van der Waals surface area contributed by atoms with E-state index < -0.39 is 3.61 Å². The number of hydrogen-bond donors (Lipinski definition) is 1. The number of ether oxygens (including phenoxy) is 1. The summed E-state index contributed by atoms with van der Waals surface area (Å²) in [5.74, 6) is 0.729. The van der Waals surface area contributed by atoms with Crippen molar-refractivity contribution < 1.29 is 14.6 Å². The Labute approximate surface area is 138 Å². The number of halogens is 1. The fourth-order valence-corrected chi connectivity index (χ4v) is 2.50. The van der Waals surface area contributed by atoms with Crippen LogP contribution in [0.25, 0.3) is 0 Å². The van der Waals surface area contributed by atoms with Crippen molar-refractivity contribution in [2.75, 3.05) is 13.2 Å². The van der Waals surface area contributed by atoms with Gasteiger partial charge < -0.3 is 9.84 Å². The van der Waals surface area contributed by atoms with Gasteiger partial charge in [-0.3, -0.25) is 4.79 Å². The predicted octanol–water partition coefficient (Wildman–Crippen LogP) is 4.49. The van der Waals surface area contributed by atoms with Crippen molar-refractivity contribution >= 4 is 28.4 Å². The van der Waals surface area contributed by atoms with Gasteiger partial charge in [0.15, 0.2) is 9.39 Å². The van der Waals surface area contributed by atoms with Gasteiger partial charge in [0.25, 0.3) is 0 Å². The van der Waals surface area contributed by atoms with Crippen molar-refractivity contribution in [2.24, 2.45) is 5.92 Å². The first-order valence-electron chi connectivity index (χ1n) is 7.94. The minimum absolute atomic E-state index is 0.168. The number of unbranched alkanes of at least 4 members (excludes halogenated alkanes) is 3. The molecule has 0 amide bonds. The van der Waals surface area contributed by atoms with Crippen molar-refractivity contribution in [1.29, 1.82) is 0 Å². The Morgan fingerprint density at radius 2 is 1.95 bits per heavy atom. The van der Waals surface area contributed by atoms with Crippen LogP contribution in [0.1, 0.15) is 72.1 Å². The van der Waals surface area contributed by atoms with Gasteiger partial charge in [-0.1, -0.05) is 39.5 Å². The number of ketones is 1. The fourth-order valence-electron chi connectivity index (χ4n) is 2.05. The first-order valence-corrected chi connectivity index (χ1v) is 9.02. The van der Waals surface area contributed by atoms with Crippen LogP contribution in [0.4, 0.5) is 0 Å². The quantitative estimate of drug-likeness (QED) is 0.283. The van der Waals surface area contributed by atoms with Crippen LogP contribution in [0.15, 0.2) is 0 Å². The molecular weight excluding hydrogens is 367 g/mol. The van der Waals surface area contributed by atoms with Gasteiger partial charge in [0.05, 0.1) is 6.61 Å². The smallest absolute Gasteiger partial charge is 0.174 e. The van der Waals surface area contributed by atoms with Crippen LogP contribution in [0.3, 0.4) is 0 Å². The SMILES string of the molecule is CCCCC(CC)COC(C)(I)C(=O)CCCCCO. The van der Waals surface area contributed by atoms with E-state index >= 15 is 0 Å². The summed E-state index contributed by atoms with van der Waals surface area (Å²) in [4.78, 5) is 12.1. The third-order valence-corrected chi connectivity index (χ3v) is 4.61. The molecule has 20 heavy (non-hydrogen) atoms. The molecule has 4 heteroatoms. The standard InChI is InChI=1S/C16H31IO3/c1-4-6-10-14(5-2)13-20-16(3,17)15(19)11-8-7-9-12-18/h14,18H,4-13H2,1-3H3. The van der Waals surface area contributed by atoms with Crippen LogP contribution in [0.2, 0.25) is 0 Å². The molecule has 0 spiro atoms. The third-order valence-electron chi connectivity index (χ3n) is 3.69. The Morgan fingerprint density at radius 1 is 1.25 bits per heavy atom. The number of hydrogen-bond acceptors (Lipinski definition) is 3. The monoisotopic (exact) mass is 398 g/mol. The molecule has 2 atom stereocenters. The molecule has 0 heterocycles. The number of Topliss-reactive ketones (excluding diaryl/α,β-unsaturated/α-hetero) is 1. The van der Waals surface area contributed by atoms with E-state index in [0.29, 0.717) is 18.9 Å². The highest BCUT2D eigenvalue weighted by atomic mass is 127. The van der Waals surface area contributed by atoms with Crippen LogP contribution >= 0.6 is 22.6 Å². The number of rotatable bonds is 13. The van der Waals surface area contributed by atoms with Gasteiger partial charge in [-0.15, -0.1) is 0 Å². The maximum absolute atomic E-state index is 12.1. The average Bonchev–Trinajstić information content (AvgIpc) is 2.43. The Kier molecular flexibility index (Phi) is 12.1. The van der Waals surface area contributed by atoms with Crippen LogP contribution in [0.5, 0.6) is 0 Å². The van der Waals surface area contributed by atoms with Gasteiger partial charge in [0, 0.05) is 13.0 Å². The summed E-state index contributed by atoms with van der Waals surface area (Å²) in [6, 6.07) is 0. The lowest BCUT2D eigenvalue weighted by molar-refractivity contribution is -0.132. The largest absolute Gasteiger partial charge is 0.396 e. The minimum atomic E-state index is -0.698. The van der Waals surface area contributed by atoms with E-state index in [4.69, 9.17) is 9.84 Å². The predicted molar refractivity (Wildman–Crippen MR) is 92.2 cm³/mol. The molecule has 1 N–H and O–H groups in total. The Bertz CT molecular complexity index is 254. The molecule has 3 nitrogen and oxygen atoms in total. The number of aliphatic hydroxyl groups is 1. The molecule has 0 saturated carbocycles. The first-order chi connectivity index (χ1) is 9.47. The molecule has 0 aromatic carbocycles. The van der Waals surface area contributed by atoms with Crippen LogP contribution in [-0.2, 0) is 9.53 Å². The van der Waals surface area contributed by atoms with Gasteiger partial charge in [-0.25, -0.2) is 0 Å². The van der Waals surface area contributed by atoms with E-state index in [9.17, 15) is 4.79 Å². The topological polar surface area (TPSA) is 46.5 Å². The summed E-state index contributed by atoms with van der Waals surface area (Å²) < 4.78 is 5.19. The number of alkyl halides is 1. The summed E-state index contributed by atoms with van der Waals surface area (Å²) in [5.41, 5.74) is 0. The zero-order valence-corrected chi connectivity index (χ0v) is 15.4. The van der Waals surface area contributed by atoms with Gasteiger partial charge in [0.1, 0.15) is 0 Å². The van der Waals surface area contributed by atoms with Crippen molar-refractivity contribution in [3.8, 4) is 0 Å². The molecule has 2 unspecified atom stereocenters. The second-order valence-electron chi connectivity index (χ2n) is 5.60. The number of carbonyl (C=O) groups excluding carboxylic acids is 1. The summed E-state index contributed by atoms with van der Waals surface area (Å²) >= 11 is 2.13. The van der Waals surface area contributed by atoms with Crippen LogP contribution < -0.4 is 0 Å². The van der Waals surface area contributed by atoms with Gasteiger partial charge in [-0.05, 0) is 54.7 Å². The van der Waals surface area contributed by atoms with E-state index in [1.807, 2.05) is 6.92 Å². The maximum atomic E-state index is 12.1. The summed E-state index contributed by atoms with van der Waals surface area (Å²) in [5, 5.41) is 8.72. The lowest BCUT2D eigenvalue weighted by Crippen LogP contribution is -2.33. The number of carbonyl (C=O) groups is 1. The molecule has 0 aromatic rings. The lowest BCUT2D eigenvalue weighted by Gasteiger charge is -2.25. The lowest BCUT2D eigenvalue weighted by atomic mass is 10.0. The van der Waals surface area contributed by atoms with Crippen molar-refractivity contribution in [2.45, 2.75) is 75.7 Å². The Hall–Kier alpha value is 0.320. The van der Waals surface area contributed by atoms with E-state index in [1.54, 1.807) is 0 Å². The number of aliphatic hydroxyl groups excluding tert-OH is 1. The minimum Gasteiger partial charge on any atom is -0.396 e. The van der Waals surface area contributed by atoms with Gasteiger partial charge in [0.2, 0.25) is 0 Å². The molecular formula is C16H31IO3. The highest BCUT2D eigenvalue weighted by Gasteiger charge is 2.30. The fraction of sp³-hybridized carbons (Fsp3) is 0.938. The second-order valence-corrected chi connectivity index (χ2v) is 7.66. The molecule has 0 aromatic heterocycles. The molecule has 0 aliphatic carbocycles. The summed E-state index contributed by atoms with van der Waals surface area (Å²) in [6.07, 6.45) is 7.81. The molecule has 0 aliphatic rings. The van der Waals surface area contributed by atoms with E-state index in [1.165, 1.54) is 19.3 Å². The summed E-state index contributed by atoms with van der Waals surface area (Å²) in [7, 11) is 0. The van der Waals surface area contributed by atoms with Gasteiger partial charge >= 0.3 is 0 Å². The third kappa shape index (κ3) is 9.29. The molecule has 0 bridgehead atoms. The Morgan fingerprint density at radius 3 is 2.50 bits per heavy atom. The van der Waals surface area contributed by atoms with Crippen molar-refractivity contribution in [3.05, 3.63) is 0 Å². The van der Waals surface area contributed by atoms with Crippen LogP contribution in [0, 0.1) is 5.92 Å². The second kappa shape index (κ2) is 11.9. The molecule has 0 fully saturated rings. The van der Waals surface area contributed by atoms with Crippen molar-refractivity contribution in [3.63, 3.8) is 0 Å². The zero-order valence-electron chi connectivity index (χ0n) is 13.3. The van der Waals surface area contributed by atoms with Gasteiger partial charge in [-0.2, -0.15) is 0 Å². The summed E-state index contributed by atoms with van der Waals surface area (Å²) in [6.45, 7) is 7.14. The molecule has 120 valence electrons. The Balaban J connectivity index is 4.04. The molecule has 0 aliphatic heterocycles. The van der Waals surface area contributed by atoms with Crippen LogP contribution in [-0.4, -0.2) is 27.7 Å². The molecule has 0 radical (unpaired) electrons. The normalized spacial score (nSPS) is 15.8. The molecule has 0 saturated heterocycles. The first kappa shape index (κ1) is 20.3. The van der Waals surface area contributed by atoms with E-state index in [2.05, 4.69) is 36.4 Å². The average molecular weight is 398 g/mol. The zero-order chi connectivity index (χ0) is 15.4. The highest BCUT2D eigenvalue weighted by Crippen LogP contribution is 2.26. The highest BCUT2D eigenvalue weighted by molar-refractivity contribution is 14.1. The maximum Gasteiger partial charge on any atom is 0.174 e. The molecule has 0 rings (SSSR count).